The molecule has 1 unspecified atom stereocenters. The number of alkyl halides is 7. The Hall–Kier alpha value is -0.750. The number of carbonyl (C=O) groups excluding carboxylic acids is 2. The number of H-pyrrole nitrogens is 1. The van der Waals surface area contributed by atoms with Crippen LogP contribution in [0.5, 0.6) is 0 Å². The molecule has 0 aromatic carbocycles. The van der Waals surface area contributed by atoms with Crippen LogP contribution in [0.25, 0.3) is 0 Å². The molecular weight excluding hydrogens is 540 g/mol. The summed E-state index contributed by atoms with van der Waals surface area (Å²) in [6, 6.07) is 0.930. The maximum Gasteiger partial charge on any atom is 0.359 e. The summed E-state index contributed by atoms with van der Waals surface area (Å²) in [7, 11) is 0. The van der Waals surface area contributed by atoms with Crippen LogP contribution in [0.1, 0.15) is 13.2 Å². The minimum absolute atomic E-state index is 0.689. The fourth-order valence-electron chi connectivity index (χ4n) is 2.56. The maximum absolute atomic E-state index is 15.7. The van der Waals surface area contributed by atoms with Gasteiger partial charge >= 0.3 is 17.6 Å². The van der Waals surface area contributed by atoms with Gasteiger partial charge in [-0.05, 0) is 6.92 Å². The Labute approximate surface area is 197 Å². The number of aromatic amines is 1. The second kappa shape index (κ2) is 9.01. The molecule has 1 aliphatic rings. The molecule has 2 heterocycles. The molecule has 0 radical (unpaired) electrons. The van der Waals surface area contributed by atoms with Crippen molar-refractivity contribution in [1.29, 1.82) is 0 Å². The second-order valence-corrected chi connectivity index (χ2v) is 10.7. The number of aromatic nitrogens is 2. The number of rotatable bonds is 4. The van der Waals surface area contributed by atoms with E-state index in [2.05, 4.69) is 0 Å². The van der Waals surface area contributed by atoms with E-state index in [-0.39, 0.29) is 0 Å². The standard InChI is InChI=1S/C14H11Cl6FN2O7/c1-12(21)7(30-10(26)14(18,19)20)5(4-28-9(25)13(15,16)17)29-8(12)23-3-2-6(24)22-11(23)27/h2-3,5,7-8H,4H2,1H3,(H,22,24,27)/t5-,7-,8?,12-/m1/s1. The third-order valence-electron chi connectivity index (χ3n) is 3.86. The zero-order valence-corrected chi connectivity index (χ0v) is 19.1. The lowest BCUT2D eigenvalue weighted by atomic mass is 9.98. The molecule has 0 bridgehead atoms. The molecule has 168 valence electrons. The molecule has 9 nitrogen and oxygen atoms in total. The molecular formula is C14H11Cl6FN2O7. The van der Waals surface area contributed by atoms with Crippen molar-refractivity contribution >= 4 is 81.5 Å². The topological polar surface area (TPSA) is 117 Å². The third-order valence-corrected chi connectivity index (χ3v) is 4.79. The van der Waals surface area contributed by atoms with Crippen LogP contribution in [0.2, 0.25) is 0 Å². The van der Waals surface area contributed by atoms with E-state index in [0.717, 1.165) is 19.2 Å². The number of ether oxygens (including phenoxy) is 3. The lowest BCUT2D eigenvalue weighted by molar-refractivity contribution is -0.160. The summed E-state index contributed by atoms with van der Waals surface area (Å²) in [5, 5.41) is 0. The van der Waals surface area contributed by atoms with Crippen LogP contribution in [0, 0.1) is 0 Å². The van der Waals surface area contributed by atoms with Crippen LogP contribution in [0.4, 0.5) is 4.39 Å². The SMILES string of the molecule is C[C@]1(F)C(n2ccc(=O)[nH]c2=O)O[C@H](COC(=O)C(Cl)(Cl)Cl)[C@H]1OC(=O)C(Cl)(Cl)Cl. The molecule has 4 atom stereocenters. The average molecular weight is 551 g/mol. The lowest BCUT2D eigenvalue weighted by Gasteiger charge is -2.28. The van der Waals surface area contributed by atoms with Gasteiger partial charge in [0.25, 0.3) is 13.1 Å². The van der Waals surface area contributed by atoms with Crippen molar-refractivity contribution in [2.24, 2.45) is 0 Å². The summed E-state index contributed by atoms with van der Waals surface area (Å²) in [6.07, 6.45) is -4.15. The van der Waals surface area contributed by atoms with Gasteiger partial charge in [-0.15, -0.1) is 0 Å². The minimum Gasteiger partial charge on any atom is -0.460 e. The second-order valence-electron chi connectivity index (χ2n) is 6.12. The van der Waals surface area contributed by atoms with E-state index in [1.54, 1.807) is 0 Å². The van der Waals surface area contributed by atoms with Gasteiger partial charge in [0.05, 0.1) is 0 Å². The van der Waals surface area contributed by atoms with Crippen molar-refractivity contribution in [2.75, 3.05) is 6.61 Å². The van der Waals surface area contributed by atoms with Gasteiger partial charge in [-0.2, -0.15) is 0 Å². The average Bonchev–Trinajstić information content (AvgIpc) is 2.82. The van der Waals surface area contributed by atoms with Crippen molar-refractivity contribution < 1.29 is 28.2 Å². The van der Waals surface area contributed by atoms with Gasteiger partial charge < -0.3 is 14.2 Å². The summed E-state index contributed by atoms with van der Waals surface area (Å²) in [5.41, 5.74) is -4.41. The Bertz CT molecular complexity index is 938. The Morgan fingerprint density at radius 1 is 1.20 bits per heavy atom. The number of nitrogens with one attached hydrogen (secondary N) is 1. The highest BCUT2D eigenvalue weighted by Gasteiger charge is 2.59. The molecule has 30 heavy (non-hydrogen) atoms. The monoisotopic (exact) mass is 548 g/mol. The summed E-state index contributed by atoms with van der Waals surface area (Å²) in [4.78, 5) is 48.9. The number of halogens is 7. The van der Waals surface area contributed by atoms with Gasteiger partial charge in [0.2, 0.25) is 0 Å². The lowest BCUT2D eigenvalue weighted by Crippen LogP contribution is -2.47. The smallest absolute Gasteiger partial charge is 0.359 e. The molecule has 0 saturated carbocycles. The van der Waals surface area contributed by atoms with Crippen LogP contribution in [0.3, 0.4) is 0 Å². The molecule has 0 aliphatic carbocycles. The van der Waals surface area contributed by atoms with Gasteiger partial charge in [0.1, 0.15) is 12.7 Å². The molecule has 1 aliphatic heterocycles. The van der Waals surface area contributed by atoms with E-state index < -0.39 is 61.5 Å². The quantitative estimate of drug-likeness (QED) is 0.452. The highest BCUT2D eigenvalue weighted by Crippen LogP contribution is 2.44. The van der Waals surface area contributed by atoms with E-state index in [1.807, 2.05) is 4.98 Å². The van der Waals surface area contributed by atoms with Gasteiger partial charge in [0.15, 0.2) is 18.0 Å². The number of esters is 2. The summed E-state index contributed by atoms with van der Waals surface area (Å²) < 4.78 is 26.4. The molecule has 16 heteroatoms. The number of carbonyl (C=O) groups is 2. The first-order valence-corrected chi connectivity index (χ1v) is 9.99. The van der Waals surface area contributed by atoms with Crippen molar-refractivity contribution in [3.8, 4) is 0 Å². The molecule has 1 N–H and O–H groups in total. The summed E-state index contributed by atoms with van der Waals surface area (Å²) in [6.45, 7) is 0.154. The Morgan fingerprint density at radius 3 is 2.27 bits per heavy atom. The number of hydrogen-bond donors (Lipinski definition) is 1. The Balaban J connectivity index is 2.39. The zero-order chi connectivity index (χ0) is 23.1. The van der Waals surface area contributed by atoms with E-state index in [9.17, 15) is 19.2 Å². The molecule has 0 spiro atoms. The van der Waals surface area contributed by atoms with E-state index in [4.69, 9.17) is 83.8 Å². The Kier molecular flexibility index (Phi) is 7.66. The van der Waals surface area contributed by atoms with Crippen molar-refractivity contribution in [3.63, 3.8) is 0 Å². The Morgan fingerprint density at radius 2 is 1.77 bits per heavy atom. The molecule has 1 aromatic rings. The third kappa shape index (κ3) is 5.73. The summed E-state index contributed by atoms with van der Waals surface area (Å²) in [5.74, 6) is -2.79. The molecule has 0 amide bonds. The van der Waals surface area contributed by atoms with Gasteiger partial charge in [-0.1, -0.05) is 69.6 Å². The molecule has 1 fully saturated rings. The van der Waals surface area contributed by atoms with E-state index in [0.29, 0.717) is 4.57 Å². The highest BCUT2D eigenvalue weighted by molar-refractivity contribution is 6.76. The fourth-order valence-corrected chi connectivity index (χ4v) is 2.86. The molecule has 2 rings (SSSR count). The predicted molar refractivity (Wildman–Crippen MR) is 106 cm³/mol. The molecule has 1 saturated heterocycles. The number of hydrogen-bond acceptors (Lipinski definition) is 7. The van der Waals surface area contributed by atoms with Crippen LogP contribution in [-0.4, -0.2) is 53.6 Å². The highest BCUT2D eigenvalue weighted by atomic mass is 35.6. The van der Waals surface area contributed by atoms with E-state index >= 15 is 4.39 Å². The van der Waals surface area contributed by atoms with Crippen LogP contribution in [-0.2, 0) is 23.8 Å². The van der Waals surface area contributed by atoms with Crippen molar-refractivity contribution in [2.45, 2.75) is 38.6 Å². The minimum atomic E-state index is -2.63. The first-order chi connectivity index (χ1) is 13.5. The summed E-state index contributed by atoms with van der Waals surface area (Å²) >= 11 is 32.5. The zero-order valence-electron chi connectivity index (χ0n) is 14.5. The number of nitrogens with zero attached hydrogens (tertiary/aromatic N) is 1. The van der Waals surface area contributed by atoms with Gasteiger partial charge in [-0.25, -0.2) is 18.8 Å². The van der Waals surface area contributed by atoms with Gasteiger partial charge in [-0.3, -0.25) is 14.3 Å². The first kappa shape index (κ1) is 25.5. The first-order valence-electron chi connectivity index (χ1n) is 7.72. The molecule has 1 aromatic heterocycles. The van der Waals surface area contributed by atoms with Crippen molar-refractivity contribution in [1.82, 2.24) is 9.55 Å². The van der Waals surface area contributed by atoms with Crippen LogP contribution in [0.15, 0.2) is 21.9 Å². The van der Waals surface area contributed by atoms with Crippen LogP contribution < -0.4 is 11.2 Å². The van der Waals surface area contributed by atoms with Crippen LogP contribution >= 0.6 is 69.6 Å². The van der Waals surface area contributed by atoms with Crippen molar-refractivity contribution in [3.05, 3.63) is 33.1 Å². The predicted octanol–water partition coefficient (Wildman–Crippen LogP) is 2.36. The van der Waals surface area contributed by atoms with E-state index in [1.165, 1.54) is 0 Å². The van der Waals surface area contributed by atoms with Gasteiger partial charge in [0, 0.05) is 12.3 Å². The maximum atomic E-state index is 15.7. The normalized spacial score (nSPS) is 27.0. The fraction of sp³-hybridized carbons (Fsp3) is 0.571. The largest absolute Gasteiger partial charge is 0.460 e.